The van der Waals surface area contributed by atoms with Crippen LogP contribution in [0.3, 0.4) is 0 Å². The number of phenols is 2. The molecule has 1 amide bonds. The quantitative estimate of drug-likeness (QED) is 0.838. The van der Waals surface area contributed by atoms with E-state index in [-0.39, 0.29) is 29.0 Å². The van der Waals surface area contributed by atoms with Gasteiger partial charge in [0.05, 0.1) is 5.56 Å². The molecule has 2 aliphatic rings. The van der Waals surface area contributed by atoms with Crippen LogP contribution in [0.15, 0.2) is 36.4 Å². The Labute approximate surface area is 135 Å². The fourth-order valence-corrected chi connectivity index (χ4v) is 4.03. The highest BCUT2D eigenvalue weighted by molar-refractivity contribution is 6.01. The smallest absolute Gasteiger partial charge is 0.258 e. The Morgan fingerprint density at radius 1 is 1.13 bits per heavy atom. The van der Waals surface area contributed by atoms with E-state index in [1.807, 2.05) is 11.0 Å². The van der Waals surface area contributed by atoms with E-state index in [1.54, 1.807) is 6.07 Å². The van der Waals surface area contributed by atoms with Crippen LogP contribution in [0.4, 0.5) is 0 Å². The van der Waals surface area contributed by atoms with Crippen LogP contribution in [0, 0.1) is 0 Å². The summed E-state index contributed by atoms with van der Waals surface area (Å²) in [5.41, 5.74) is 3.73. The van der Waals surface area contributed by atoms with Gasteiger partial charge in [0.2, 0.25) is 0 Å². The lowest BCUT2D eigenvalue weighted by Crippen LogP contribution is -2.37. The van der Waals surface area contributed by atoms with Gasteiger partial charge < -0.3 is 15.1 Å². The minimum absolute atomic E-state index is 0.0556. The zero-order valence-electron chi connectivity index (χ0n) is 13.0. The van der Waals surface area contributed by atoms with Gasteiger partial charge in [-0.05, 0) is 42.5 Å². The largest absolute Gasteiger partial charge is 0.504 e. The highest BCUT2D eigenvalue weighted by Gasteiger charge is 2.38. The standard InChI is InChI=1S/C19H19NO3/c1-11(14-8-6-12-4-2-3-5-15(12)14)20-10-13-7-9-16(21)18(22)17(13)19(20)23/h2-5,7,9,11,14,21-22H,6,8,10H2,1H3/t11-,14?/m1/s1. The minimum Gasteiger partial charge on any atom is -0.504 e. The van der Waals surface area contributed by atoms with Crippen LogP contribution >= 0.6 is 0 Å². The molecule has 0 saturated heterocycles. The van der Waals surface area contributed by atoms with E-state index in [4.69, 9.17) is 0 Å². The SMILES string of the molecule is C[C@H](C1CCc2ccccc21)N1Cc2ccc(O)c(O)c2C1=O. The van der Waals surface area contributed by atoms with Gasteiger partial charge in [-0.1, -0.05) is 30.3 Å². The van der Waals surface area contributed by atoms with E-state index in [0.29, 0.717) is 12.5 Å². The van der Waals surface area contributed by atoms with Gasteiger partial charge in [-0.3, -0.25) is 4.79 Å². The second-order valence-corrected chi connectivity index (χ2v) is 6.49. The number of hydrogen-bond donors (Lipinski definition) is 2. The van der Waals surface area contributed by atoms with Gasteiger partial charge >= 0.3 is 0 Å². The highest BCUT2D eigenvalue weighted by Crippen LogP contribution is 2.42. The molecule has 0 aromatic heterocycles. The predicted molar refractivity (Wildman–Crippen MR) is 86.6 cm³/mol. The number of rotatable bonds is 2. The molecule has 23 heavy (non-hydrogen) atoms. The molecule has 2 aromatic rings. The Morgan fingerprint density at radius 2 is 1.91 bits per heavy atom. The monoisotopic (exact) mass is 309 g/mol. The molecular weight excluding hydrogens is 290 g/mol. The molecule has 0 spiro atoms. The van der Waals surface area contributed by atoms with Crippen LogP contribution in [0.2, 0.25) is 0 Å². The van der Waals surface area contributed by atoms with Gasteiger partial charge in [-0.15, -0.1) is 0 Å². The van der Waals surface area contributed by atoms with Crippen molar-refractivity contribution >= 4 is 5.91 Å². The maximum Gasteiger partial charge on any atom is 0.258 e. The molecule has 1 aliphatic carbocycles. The van der Waals surface area contributed by atoms with Crippen molar-refractivity contribution < 1.29 is 15.0 Å². The van der Waals surface area contributed by atoms with E-state index in [9.17, 15) is 15.0 Å². The summed E-state index contributed by atoms with van der Waals surface area (Å²) in [6.45, 7) is 2.56. The van der Waals surface area contributed by atoms with Crippen molar-refractivity contribution in [1.29, 1.82) is 0 Å². The number of nitrogens with zero attached hydrogens (tertiary/aromatic N) is 1. The van der Waals surface area contributed by atoms with Crippen molar-refractivity contribution in [2.24, 2.45) is 0 Å². The molecule has 1 unspecified atom stereocenters. The third-order valence-corrected chi connectivity index (χ3v) is 5.31. The molecule has 4 nitrogen and oxygen atoms in total. The Kier molecular flexibility index (Phi) is 3.08. The molecule has 118 valence electrons. The molecule has 0 radical (unpaired) electrons. The summed E-state index contributed by atoms with van der Waals surface area (Å²) in [7, 11) is 0. The van der Waals surface area contributed by atoms with Gasteiger partial charge in [0, 0.05) is 18.5 Å². The first-order valence-corrected chi connectivity index (χ1v) is 8.00. The van der Waals surface area contributed by atoms with E-state index < -0.39 is 0 Å². The third-order valence-electron chi connectivity index (χ3n) is 5.31. The number of fused-ring (bicyclic) bond motifs is 2. The number of benzene rings is 2. The second kappa shape index (κ2) is 5.01. The molecular formula is C19H19NO3. The molecule has 4 rings (SSSR count). The average Bonchev–Trinajstić information content (AvgIpc) is 3.12. The summed E-state index contributed by atoms with van der Waals surface area (Å²) in [4.78, 5) is 14.6. The number of carbonyl (C=O) groups excluding carboxylic acids is 1. The third kappa shape index (κ3) is 2.01. The molecule has 4 heteroatoms. The van der Waals surface area contributed by atoms with E-state index in [2.05, 4.69) is 25.1 Å². The maximum atomic E-state index is 12.7. The first-order valence-electron chi connectivity index (χ1n) is 8.00. The molecule has 2 aromatic carbocycles. The topological polar surface area (TPSA) is 60.8 Å². The molecule has 0 saturated carbocycles. The fourth-order valence-electron chi connectivity index (χ4n) is 4.03. The molecule has 2 N–H and O–H groups in total. The van der Waals surface area contributed by atoms with Crippen molar-refractivity contribution in [3.05, 3.63) is 58.7 Å². The van der Waals surface area contributed by atoms with Gasteiger partial charge in [0.1, 0.15) is 0 Å². The first kappa shape index (κ1) is 14.1. The summed E-state index contributed by atoms with van der Waals surface area (Å²) >= 11 is 0. The lowest BCUT2D eigenvalue weighted by atomic mass is 9.93. The highest BCUT2D eigenvalue weighted by atomic mass is 16.3. The zero-order valence-corrected chi connectivity index (χ0v) is 13.0. The number of hydrogen-bond acceptors (Lipinski definition) is 3. The summed E-state index contributed by atoms with van der Waals surface area (Å²) in [6, 6.07) is 11.6. The Morgan fingerprint density at radius 3 is 2.74 bits per heavy atom. The van der Waals surface area contributed by atoms with Gasteiger partial charge in [-0.2, -0.15) is 0 Å². The Balaban J connectivity index is 1.66. The molecule has 0 bridgehead atoms. The van der Waals surface area contributed by atoms with E-state index in [1.165, 1.54) is 17.2 Å². The number of carbonyl (C=O) groups is 1. The second-order valence-electron chi connectivity index (χ2n) is 6.49. The van der Waals surface area contributed by atoms with Crippen molar-refractivity contribution in [3.8, 4) is 11.5 Å². The van der Waals surface area contributed by atoms with Crippen LogP contribution in [0.25, 0.3) is 0 Å². The van der Waals surface area contributed by atoms with Gasteiger partial charge in [0.15, 0.2) is 11.5 Å². The minimum atomic E-state index is -0.297. The van der Waals surface area contributed by atoms with E-state index in [0.717, 1.165) is 18.4 Å². The number of amides is 1. The average molecular weight is 309 g/mol. The fraction of sp³-hybridized carbons (Fsp3) is 0.316. The van der Waals surface area contributed by atoms with Crippen LogP contribution < -0.4 is 0 Å². The van der Waals surface area contributed by atoms with Crippen LogP contribution in [-0.2, 0) is 13.0 Å². The maximum absolute atomic E-state index is 12.7. The molecule has 1 aliphatic heterocycles. The van der Waals surface area contributed by atoms with Crippen molar-refractivity contribution in [1.82, 2.24) is 4.90 Å². The van der Waals surface area contributed by atoms with Crippen molar-refractivity contribution in [2.45, 2.75) is 38.3 Å². The van der Waals surface area contributed by atoms with Gasteiger partial charge in [0.25, 0.3) is 5.91 Å². The summed E-state index contributed by atoms with van der Waals surface area (Å²) < 4.78 is 0. The normalized spacial score (nSPS) is 20.5. The summed E-state index contributed by atoms with van der Waals surface area (Å²) in [5, 5.41) is 19.7. The van der Waals surface area contributed by atoms with Crippen molar-refractivity contribution in [2.75, 3.05) is 0 Å². The molecule has 2 atom stereocenters. The Hall–Kier alpha value is -2.49. The summed E-state index contributed by atoms with van der Waals surface area (Å²) in [6.07, 6.45) is 2.09. The Bertz CT molecular complexity index is 799. The lowest BCUT2D eigenvalue weighted by Gasteiger charge is -2.30. The van der Waals surface area contributed by atoms with Crippen molar-refractivity contribution in [3.63, 3.8) is 0 Å². The van der Waals surface area contributed by atoms with E-state index >= 15 is 0 Å². The predicted octanol–water partition coefficient (Wildman–Crippen LogP) is 3.17. The number of aryl methyl sites for hydroxylation is 1. The molecule has 0 fully saturated rings. The number of phenolic OH excluding ortho intramolecular Hbond substituents is 2. The van der Waals surface area contributed by atoms with Crippen LogP contribution in [0.5, 0.6) is 11.5 Å². The van der Waals surface area contributed by atoms with Gasteiger partial charge in [-0.25, -0.2) is 0 Å². The first-order chi connectivity index (χ1) is 11.1. The lowest BCUT2D eigenvalue weighted by molar-refractivity contribution is 0.0689. The van der Waals surface area contributed by atoms with Crippen LogP contribution in [-0.4, -0.2) is 27.1 Å². The molecule has 1 heterocycles. The number of aromatic hydroxyl groups is 2. The van der Waals surface area contributed by atoms with Crippen LogP contribution in [0.1, 0.15) is 46.3 Å². The zero-order chi connectivity index (χ0) is 16.1. The summed E-state index contributed by atoms with van der Waals surface area (Å²) in [5.74, 6) is -0.405.